The van der Waals surface area contributed by atoms with Gasteiger partial charge in [-0.3, -0.25) is 0 Å². The van der Waals surface area contributed by atoms with Crippen LogP contribution in [0.3, 0.4) is 0 Å². The molecule has 27 heavy (non-hydrogen) atoms. The van der Waals surface area contributed by atoms with Crippen LogP contribution in [0.25, 0.3) is 11.3 Å². The van der Waals surface area contributed by atoms with Crippen LogP contribution in [0, 0.1) is 0 Å². The highest BCUT2D eigenvalue weighted by molar-refractivity contribution is 9.10. The monoisotopic (exact) mass is 462 g/mol. The molecule has 0 bridgehead atoms. The topological polar surface area (TPSA) is 52.0 Å². The van der Waals surface area contributed by atoms with Crippen molar-refractivity contribution in [2.45, 2.75) is 28.9 Å². The number of rotatable bonds is 7. The van der Waals surface area contributed by atoms with Gasteiger partial charge in [0.2, 0.25) is 0 Å². The predicted octanol–water partition coefficient (Wildman–Crippen LogP) is 5.21. The lowest BCUT2D eigenvalue weighted by molar-refractivity contribution is 0.597. The lowest BCUT2D eigenvalue weighted by Gasteiger charge is -2.11. The van der Waals surface area contributed by atoms with E-state index < -0.39 is 9.84 Å². The molecule has 1 aromatic heterocycles. The molecule has 0 amide bonds. The first-order valence-corrected chi connectivity index (χ1v) is 12.2. The molecular formula is C20H19BrN2O2S2. The number of aromatic nitrogens is 2. The van der Waals surface area contributed by atoms with E-state index in [4.69, 9.17) is 0 Å². The average Bonchev–Trinajstić information content (AvgIpc) is 3.42. The summed E-state index contributed by atoms with van der Waals surface area (Å²) in [7, 11) is -3.29. The Kier molecular flexibility index (Phi) is 5.43. The van der Waals surface area contributed by atoms with E-state index in [1.807, 2.05) is 24.4 Å². The summed E-state index contributed by atoms with van der Waals surface area (Å²) in [5.41, 5.74) is 2.25. The van der Waals surface area contributed by atoms with Gasteiger partial charge in [0.25, 0.3) is 0 Å². The van der Waals surface area contributed by atoms with E-state index in [1.165, 1.54) is 11.8 Å². The number of hydrogen-bond donors (Lipinski definition) is 0. The maximum absolute atomic E-state index is 12.5. The van der Waals surface area contributed by atoms with Crippen LogP contribution in [0.15, 0.2) is 75.3 Å². The molecule has 1 saturated carbocycles. The van der Waals surface area contributed by atoms with Crippen molar-refractivity contribution < 1.29 is 8.42 Å². The van der Waals surface area contributed by atoms with Gasteiger partial charge in [-0.05, 0) is 42.7 Å². The molecule has 4 rings (SSSR count). The van der Waals surface area contributed by atoms with Crippen LogP contribution in [-0.2, 0) is 9.84 Å². The molecule has 0 radical (unpaired) electrons. The first kappa shape index (κ1) is 18.8. The number of nitrogens with zero attached hydrogens (tertiary/aromatic N) is 2. The molecule has 3 aromatic rings. The van der Waals surface area contributed by atoms with Crippen molar-refractivity contribution in [2.24, 2.45) is 0 Å². The summed E-state index contributed by atoms with van der Waals surface area (Å²) < 4.78 is 28.2. The van der Waals surface area contributed by atoms with Crippen molar-refractivity contribution in [1.82, 2.24) is 9.55 Å². The molecule has 1 aliphatic carbocycles. The van der Waals surface area contributed by atoms with Crippen LogP contribution in [-0.4, -0.2) is 29.5 Å². The SMILES string of the molecule is O=S(=O)(CCSc1ncc(-c2ccccc2)n1C1CC1)c1ccc(Br)cc1. The maximum Gasteiger partial charge on any atom is 0.179 e. The summed E-state index contributed by atoms with van der Waals surface area (Å²) in [5.74, 6) is 0.577. The Hall–Kier alpha value is -1.57. The van der Waals surface area contributed by atoms with Gasteiger partial charge in [0.15, 0.2) is 15.0 Å². The van der Waals surface area contributed by atoms with E-state index in [0.717, 1.165) is 33.7 Å². The molecule has 4 nitrogen and oxygen atoms in total. The van der Waals surface area contributed by atoms with Crippen LogP contribution in [0.4, 0.5) is 0 Å². The minimum absolute atomic E-state index is 0.0947. The van der Waals surface area contributed by atoms with E-state index in [1.54, 1.807) is 24.3 Å². The Morgan fingerprint density at radius 1 is 1.07 bits per heavy atom. The van der Waals surface area contributed by atoms with Gasteiger partial charge in [-0.25, -0.2) is 13.4 Å². The van der Waals surface area contributed by atoms with Gasteiger partial charge in [-0.1, -0.05) is 58.0 Å². The molecule has 1 aliphatic rings. The number of imidazole rings is 1. The highest BCUT2D eigenvalue weighted by Crippen LogP contribution is 2.41. The zero-order valence-electron chi connectivity index (χ0n) is 14.6. The summed E-state index contributed by atoms with van der Waals surface area (Å²) >= 11 is 4.85. The fraction of sp³-hybridized carbons (Fsp3) is 0.250. The highest BCUT2D eigenvalue weighted by atomic mass is 79.9. The van der Waals surface area contributed by atoms with Crippen molar-refractivity contribution >= 4 is 37.5 Å². The van der Waals surface area contributed by atoms with Gasteiger partial charge in [-0.2, -0.15) is 0 Å². The maximum atomic E-state index is 12.5. The van der Waals surface area contributed by atoms with Gasteiger partial charge in [-0.15, -0.1) is 0 Å². The minimum Gasteiger partial charge on any atom is -0.316 e. The third-order valence-electron chi connectivity index (χ3n) is 4.50. The summed E-state index contributed by atoms with van der Waals surface area (Å²) in [6.07, 6.45) is 4.21. The summed E-state index contributed by atoms with van der Waals surface area (Å²) in [6.45, 7) is 0. The van der Waals surface area contributed by atoms with Gasteiger partial charge in [0.05, 0.1) is 22.5 Å². The van der Waals surface area contributed by atoms with Crippen LogP contribution in [0.1, 0.15) is 18.9 Å². The third kappa shape index (κ3) is 4.31. The Bertz CT molecular complexity index is 1030. The first-order chi connectivity index (χ1) is 13.0. The van der Waals surface area contributed by atoms with Crippen LogP contribution >= 0.6 is 27.7 Å². The smallest absolute Gasteiger partial charge is 0.179 e. The predicted molar refractivity (Wildman–Crippen MR) is 113 cm³/mol. The zero-order valence-corrected chi connectivity index (χ0v) is 17.8. The van der Waals surface area contributed by atoms with E-state index >= 15 is 0 Å². The van der Waals surface area contributed by atoms with Gasteiger partial charge < -0.3 is 4.57 Å². The van der Waals surface area contributed by atoms with Crippen LogP contribution in [0.2, 0.25) is 0 Å². The quantitative estimate of drug-likeness (QED) is 0.452. The first-order valence-electron chi connectivity index (χ1n) is 8.78. The Labute approximate surface area is 172 Å². The number of halogens is 1. The molecule has 0 N–H and O–H groups in total. The number of benzene rings is 2. The molecule has 7 heteroatoms. The fourth-order valence-electron chi connectivity index (χ4n) is 2.96. The van der Waals surface area contributed by atoms with Gasteiger partial charge >= 0.3 is 0 Å². The molecule has 1 fully saturated rings. The summed E-state index contributed by atoms with van der Waals surface area (Å²) in [6, 6.07) is 17.5. The second kappa shape index (κ2) is 7.81. The molecular weight excluding hydrogens is 444 g/mol. The lowest BCUT2D eigenvalue weighted by Crippen LogP contribution is -2.09. The molecule has 0 atom stereocenters. The summed E-state index contributed by atoms with van der Waals surface area (Å²) in [4.78, 5) is 4.95. The fourth-order valence-corrected chi connectivity index (χ4v) is 5.92. The standard InChI is InChI=1S/C20H19BrN2O2S2/c21-16-6-10-18(11-7-16)27(24,25)13-12-26-20-22-14-19(23(20)17-8-9-17)15-4-2-1-3-5-15/h1-7,10-11,14,17H,8-9,12-13H2. The van der Waals surface area contributed by atoms with Crippen molar-refractivity contribution in [3.63, 3.8) is 0 Å². The molecule has 140 valence electrons. The number of sulfone groups is 1. The third-order valence-corrected chi connectivity index (χ3v) is 7.99. The van der Waals surface area contributed by atoms with Gasteiger partial charge in [0, 0.05) is 16.3 Å². The second-order valence-corrected chi connectivity index (χ2v) is 10.6. The second-order valence-electron chi connectivity index (χ2n) is 6.51. The van der Waals surface area contributed by atoms with E-state index in [-0.39, 0.29) is 5.75 Å². The van der Waals surface area contributed by atoms with Crippen molar-refractivity contribution in [3.8, 4) is 11.3 Å². The molecule has 0 saturated heterocycles. The zero-order chi connectivity index (χ0) is 18.9. The molecule has 1 heterocycles. The Morgan fingerprint density at radius 3 is 2.44 bits per heavy atom. The van der Waals surface area contributed by atoms with Crippen molar-refractivity contribution in [3.05, 3.63) is 65.3 Å². The van der Waals surface area contributed by atoms with E-state index in [2.05, 4.69) is 37.6 Å². The van der Waals surface area contributed by atoms with Gasteiger partial charge in [0.1, 0.15) is 0 Å². The average molecular weight is 463 g/mol. The molecule has 0 spiro atoms. The number of hydrogen-bond acceptors (Lipinski definition) is 4. The van der Waals surface area contributed by atoms with Crippen molar-refractivity contribution in [1.29, 1.82) is 0 Å². The largest absolute Gasteiger partial charge is 0.316 e. The normalized spacial score (nSPS) is 14.4. The lowest BCUT2D eigenvalue weighted by atomic mass is 10.2. The molecule has 2 aromatic carbocycles. The molecule has 0 unspecified atom stereocenters. The molecule has 0 aliphatic heterocycles. The highest BCUT2D eigenvalue weighted by Gasteiger charge is 2.29. The Balaban J connectivity index is 1.49. The van der Waals surface area contributed by atoms with Crippen molar-refractivity contribution in [2.75, 3.05) is 11.5 Å². The Morgan fingerprint density at radius 2 is 1.78 bits per heavy atom. The minimum atomic E-state index is -3.29. The van der Waals surface area contributed by atoms with E-state index in [0.29, 0.717) is 16.7 Å². The number of thioether (sulfide) groups is 1. The van der Waals surface area contributed by atoms with Crippen LogP contribution in [0.5, 0.6) is 0 Å². The van der Waals surface area contributed by atoms with E-state index in [9.17, 15) is 8.42 Å². The summed E-state index contributed by atoms with van der Waals surface area (Å²) in [5, 5.41) is 0.905. The van der Waals surface area contributed by atoms with Crippen LogP contribution < -0.4 is 0 Å².